The van der Waals surface area contributed by atoms with Crippen LogP contribution in [0.1, 0.15) is 23.0 Å². The van der Waals surface area contributed by atoms with Crippen LogP contribution in [0.2, 0.25) is 5.15 Å². The minimum Gasteiger partial charge on any atom is -0.461 e. The smallest absolute Gasteiger partial charge is 0.356 e. The van der Waals surface area contributed by atoms with Gasteiger partial charge in [-0.2, -0.15) is 5.10 Å². The molecule has 2 heterocycles. The molecule has 0 bridgehead atoms. The normalized spacial score (nSPS) is 10.6. The number of hydrogen-bond donors (Lipinski definition) is 0. The molecule has 0 aliphatic carbocycles. The van der Waals surface area contributed by atoms with Crippen molar-refractivity contribution < 1.29 is 9.53 Å². The van der Waals surface area contributed by atoms with E-state index in [0.29, 0.717) is 24.0 Å². The molecule has 0 saturated heterocycles. The quantitative estimate of drug-likeness (QED) is 0.523. The summed E-state index contributed by atoms with van der Waals surface area (Å²) in [5.74, 6) is -0.394. The molecule has 0 aliphatic heterocycles. The summed E-state index contributed by atoms with van der Waals surface area (Å²) in [4.78, 5) is 16.3. The lowest BCUT2D eigenvalue weighted by Crippen LogP contribution is -2.14. The maximum absolute atomic E-state index is 12.2. The van der Waals surface area contributed by atoms with Gasteiger partial charge in [-0.1, -0.05) is 48.0 Å². The summed E-state index contributed by atoms with van der Waals surface area (Å²) in [6, 6.07) is 15.0. The van der Waals surface area contributed by atoms with Gasteiger partial charge in [0.25, 0.3) is 0 Å². The Hall–Kier alpha value is -2.66. The topological polar surface area (TPSA) is 57.0 Å². The number of esters is 1. The molecule has 6 heteroatoms. The Balaban J connectivity index is 1.97. The van der Waals surface area contributed by atoms with Gasteiger partial charge in [0.05, 0.1) is 18.8 Å². The number of nitrogens with zero attached hydrogens (tertiary/aromatic N) is 3. The van der Waals surface area contributed by atoms with Crippen molar-refractivity contribution in [2.45, 2.75) is 13.5 Å². The Bertz CT molecular complexity index is 829. The summed E-state index contributed by atoms with van der Waals surface area (Å²) >= 11 is 5.81. The van der Waals surface area contributed by atoms with E-state index in [1.165, 1.54) is 0 Å². The van der Waals surface area contributed by atoms with Crippen LogP contribution in [0.3, 0.4) is 0 Å². The molecule has 0 amide bonds. The van der Waals surface area contributed by atoms with Crippen molar-refractivity contribution in [1.29, 1.82) is 0 Å². The van der Waals surface area contributed by atoms with Gasteiger partial charge in [0.2, 0.25) is 0 Å². The van der Waals surface area contributed by atoms with Crippen LogP contribution < -0.4 is 0 Å². The van der Waals surface area contributed by atoms with Gasteiger partial charge in [0.1, 0.15) is 10.8 Å². The van der Waals surface area contributed by atoms with Gasteiger partial charge >= 0.3 is 5.97 Å². The van der Waals surface area contributed by atoms with Crippen molar-refractivity contribution >= 4 is 17.6 Å². The first-order valence-corrected chi connectivity index (χ1v) is 7.96. The van der Waals surface area contributed by atoms with Gasteiger partial charge < -0.3 is 4.74 Å². The first kappa shape index (κ1) is 16.2. The molecule has 0 atom stereocenters. The number of rotatable bonds is 5. The standard InChI is InChI=1S/C18H16ClN3O2/c1-2-24-18(23)16-10-15(14-6-4-3-5-7-14)21-22(16)12-13-8-9-17(19)20-11-13/h3-11H,2,12H2,1H3. The summed E-state index contributed by atoms with van der Waals surface area (Å²) < 4.78 is 6.77. The van der Waals surface area contributed by atoms with Crippen molar-refractivity contribution in [2.75, 3.05) is 6.61 Å². The second-order valence-corrected chi connectivity index (χ2v) is 5.54. The number of benzene rings is 1. The molecule has 0 spiro atoms. The number of aromatic nitrogens is 3. The number of hydrogen-bond acceptors (Lipinski definition) is 4. The zero-order chi connectivity index (χ0) is 16.9. The van der Waals surface area contributed by atoms with Gasteiger partial charge in [-0.3, -0.25) is 4.68 Å². The predicted octanol–water partition coefficient (Wildman–Crippen LogP) is 3.82. The number of ether oxygens (including phenoxy) is 1. The average molecular weight is 342 g/mol. The average Bonchev–Trinajstić information content (AvgIpc) is 3.02. The minimum atomic E-state index is -0.394. The molecule has 2 aromatic heterocycles. The molecule has 122 valence electrons. The van der Waals surface area contributed by atoms with E-state index in [0.717, 1.165) is 16.8 Å². The van der Waals surface area contributed by atoms with E-state index in [-0.39, 0.29) is 0 Å². The summed E-state index contributed by atoms with van der Waals surface area (Å²) in [5, 5.41) is 4.98. The Morgan fingerprint density at radius 3 is 2.67 bits per heavy atom. The van der Waals surface area contributed by atoms with E-state index in [2.05, 4.69) is 10.1 Å². The molecule has 3 rings (SSSR count). The molecule has 0 radical (unpaired) electrons. The fraction of sp³-hybridized carbons (Fsp3) is 0.167. The molecular weight excluding hydrogens is 326 g/mol. The molecular formula is C18H16ClN3O2. The van der Waals surface area contributed by atoms with Crippen LogP contribution in [0.5, 0.6) is 0 Å². The third-order valence-electron chi connectivity index (χ3n) is 3.46. The van der Waals surface area contributed by atoms with E-state index in [4.69, 9.17) is 16.3 Å². The zero-order valence-corrected chi connectivity index (χ0v) is 13.9. The first-order chi connectivity index (χ1) is 11.7. The van der Waals surface area contributed by atoms with Crippen LogP contribution in [0, 0.1) is 0 Å². The maximum atomic E-state index is 12.2. The van der Waals surface area contributed by atoms with Crippen molar-refractivity contribution in [2.24, 2.45) is 0 Å². The van der Waals surface area contributed by atoms with Crippen LogP contribution in [-0.2, 0) is 11.3 Å². The first-order valence-electron chi connectivity index (χ1n) is 7.58. The van der Waals surface area contributed by atoms with Crippen LogP contribution >= 0.6 is 11.6 Å². The highest BCUT2D eigenvalue weighted by Gasteiger charge is 2.17. The monoisotopic (exact) mass is 341 g/mol. The second-order valence-electron chi connectivity index (χ2n) is 5.15. The van der Waals surface area contributed by atoms with E-state index in [1.807, 2.05) is 36.4 Å². The molecule has 1 aromatic carbocycles. The number of carbonyl (C=O) groups is 1. The lowest BCUT2D eigenvalue weighted by atomic mass is 10.1. The van der Waals surface area contributed by atoms with Crippen molar-refractivity contribution in [3.8, 4) is 11.3 Å². The molecule has 0 saturated carbocycles. The van der Waals surface area contributed by atoms with Crippen LogP contribution in [0.15, 0.2) is 54.7 Å². The SMILES string of the molecule is CCOC(=O)c1cc(-c2ccccc2)nn1Cc1ccc(Cl)nc1. The summed E-state index contributed by atoms with van der Waals surface area (Å²) in [5.41, 5.74) is 2.97. The fourth-order valence-electron chi connectivity index (χ4n) is 2.33. The van der Waals surface area contributed by atoms with Crippen LogP contribution in [0.4, 0.5) is 0 Å². The number of carbonyl (C=O) groups excluding carboxylic acids is 1. The zero-order valence-electron chi connectivity index (χ0n) is 13.1. The number of halogens is 1. The molecule has 0 N–H and O–H groups in total. The second kappa shape index (κ2) is 7.27. The van der Waals surface area contributed by atoms with E-state index in [1.54, 1.807) is 29.9 Å². The Morgan fingerprint density at radius 1 is 1.21 bits per heavy atom. The molecule has 5 nitrogen and oxygen atoms in total. The molecule has 0 fully saturated rings. The third kappa shape index (κ3) is 3.63. The Labute approximate surface area is 144 Å². The van der Waals surface area contributed by atoms with E-state index < -0.39 is 5.97 Å². The van der Waals surface area contributed by atoms with E-state index >= 15 is 0 Å². The van der Waals surface area contributed by atoms with Crippen LogP contribution in [0.25, 0.3) is 11.3 Å². The van der Waals surface area contributed by atoms with Crippen LogP contribution in [-0.4, -0.2) is 27.3 Å². The predicted molar refractivity (Wildman–Crippen MR) is 92.0 cm³/mol. The lowest BCUT2D eigenvalue weighted by molar-refractivity contribution is 0.0512. The summed E-state index contributed by atoms with van der Waals surface area (Å²) in [6.45, 7) is 2.50. The van der Waals surface area contributed by atoms with E-state index in [9.17, 15) is 4.79 Å². The minimum absolute atomic E-state index is 0.313. The van der Waals surface area contributed by atoms with Crippen molar-refractivity contribution in [1.82, 2.24) is 14.8 Å². The molecule has 3 aromatic rings. The molecule has 0 unspecified atom stereocenters. The number of pyridine rings is 1. The van der Waals surface area contributed by atoms with Gasteiger partial charge in [0.15, 0.2) is 0 Å². The van der Waals surface area contributed by atoms with Gasteiger partial charge in [-0.15, -0.1) is 0 Å². The van der Waals surface area contributed by atoms with Gasteiger partial charge in [-0.05, 0) is 24.6 Å². The molecule has 24 heavy (non-hydrogen) atoms. The largest absolute Gasteiger partial charge is 0.461 e. The Kier molecular flexibility index (Phi) is 4.91. The lowest BCUT2D eigenvalue weighted by Gasteiger charge is -2.06. The highest BCUT2D eigenvalue weighted by atomic mass is 35.5. The van der Waals surface area contributed by atoms with Gasteiger partial charge in [0, 0.05) is 11.8 Å². The maximum Gasteiger partial charge on any atom is 0.356 e. The summed E-state index contributed by atoms with van der Waals surface area (Å²) in [6.07, 6.45) is 1.67. The highest BCUT2D eigenvalue weighted by Crippen LogP contribution is 2.20. The highest BCUT2D eigenvalue weighted by molar-refractivity contribution is 6.29. The van der Waals surface area contributed by atoms with Crippen molar-refractivity contribution in [3.05, 3.63) is 71.1 Å². The van der Waals surface area contributed by atoms with Gasteiger partial charge in [-0.25, -0.2) is 9.78 Å². The summed E-state index contributed by atoms with van der Waals surface area (Å²) in [7, 11) is 0. The Morgan fingerprint density at radius 2 is 2.00 bits per heavy atom. The fourth-order valence-corrected chi connectivity index (χ4v) is 2.44. The third-order valence-corrected chi connectivity index (χ3v) is 3.68. The van der Waals surface area contributed by atoms with Crippen molar-refractivity contribution in [3.63, 3.8) is 0 Å². The molecule has 0 aliphatic rings.